The standard InChI is InChI=1S/C24H20N6O2/c25-21-20-10-11-30(22(20)29-15-28-21)18-8-6-17(7-9-18)13-26-23(31)24-27-14-19(32-24)12-16-4-2-1-3-5-16/h1-11,14-15H,12-13H2,(H,26,31)(H2,25,28,29). The summed E-state index contributed by atoms with van der Waals surface area (Å²) in [4.78, 5) is 24.9. The molecular weight excluding hydrogens is 404 g/mol. The van der Waals surface area contributed by atoms with Gasteiger partial charge in [-0.25, -0.2) is 15.0 Å². The molecule has 0 unspecified atom stereocenters. The van der Waals surface area contributed by atoms with Crippen LogP contribution in [0.2, 0.25) is 0 Å². The smallest absolute Gasteiger partial charge is 0.307 e. The first-order valence-electron chi connectivity index (χ1n) is 10.1. The Labute approximate surface area is 183 Å². The maximum Gasteiger partial charge on any atom is 0.307 e. The molecule has 0 fully saturated rings. The average molecular weight is 424 g/mol. The summed E-state index contributed by atoms with van der Waals surface area (Å²) < 4.78 is 7.55. The molecule has 5 rings (SSSR count). The normalized spacial score (nSPS) is 11.0. The van der Waals surface area contributed by atoms with E-state index in [0.717, 1.165) is 27.8 Å². The molecule has 1 amide bonds. The Balaban J connectivity index is 1.23. The summed E-state index contributed by atoms with van der Waals surface area (Å²) in [6, 6.07) is 19.6. The van der Waals surface area contributed by atoms with Crippen LogP contribution >= 0.6 is 0 Å². The van der Waals surface area contributed by atoms with Gasteiger partial charge in [-0.05, 0) is 29.3 Å². The van der Waals surface area contributed by atoms with E-state index >= 15 is 0 Å². The van der Waals surface area contributed by atoms with Gasteiger partial charge in [-0.3, -0.25) is 4.79 Å². The van der Waals surface area contributed by atoms with Gasteiger partial charge in [0.15, 0.2) is 0 Å². The molecule has 0 saturated carbocycles. The fourth-order valence-corrected chi connectivity index (χ4v) is 3.50. The summed E-state index contributed by atoms with van der Waals surface area (Å²) in [5.41, 5.74) is 9.64. The lowest BCUT2D eigenvalue weighted by molar-refractivity contribution is 0.0914. The lowest BCUT2D eigenvalue weighted by atomic mass is 10.1. The van der Waals surface area contributed by atoms with Crippen molar-refractivity contribution in [3.05, 3.63) is 102 Å². The minimum Gasteiger partial charge on any atom is -0.437 e. The number of amides is 1. The Kier molecular flexibility index (Phi) is 5.09. The van der Waals surface area contributed by atoms with Crippen LogP contribution in [-0.4, -0.2) is 25.4 Å². The molecule has 3 N–H and O–H groups in total. The number of hydrogen-bond acceptors (Lipinski definition) is 6. The topological polar surface area (TPSA) is 112 Å². The number of oxazole rings is 1. The quantitative estimate of drug-likeness (QED) is 0.431. The van der Waals surface area contributed by atoms with Gasteiger partial charge in [0.2, 0.25) is 0 Å². The Bertz CT molecular complexity index is 1370. The van der Waals surface area contributed by atoms with Crippen LogP contribution in [0.25, 0.3) is 16.7 Å². The minimum atomic E-state index is -0.350. The maximum atomic E-state index is 12.4. The van der Waals surface area contributed by atoms with Gasteiger partial charge in [0.05, 0.1) is 11.6 Å². The monoisotopic (exact) mass is 424 g/mol. The second-order valence-corrected chi connectivity index (χ2v) is 7.33. The summed E-state index contributed by atoms with van der Waals surface area (Å²) in [7, 11) is 0. The molecule has 3 heterocycles. The molecule has 0 aliphatic heterocycles. The van der Waals surface area contributed by atoms with E-state index in [-0.39, 0.29) is 11.8 Å². The highest BCUT2D eigenvalue weighted by Gasteiger charge is 2.13. The summed E-state index contributed by atoms with van der Waals surface area (Å²) in [5, 5.41) is 3.65. The molecule has 0 aliphatic carbocycles. The predicted molar refractivity (Wildman–Crippen MR) is 120 cm³/mol. The fourth-order valence-electron chi connectivity index (χ4n) is 3.50. The summed E-state index contributed by atoms with van der Waals surface area (Å²) in [6.45, 7) is 0.358. The van der Waals surface area contributed by atoms with Crippen molar-refractivity contribution in [1.29, 1.82) is 0 Å². The Hall–Kier alpha value is -4.46. The third kappa shape index (κ3) is 3.93. The first-order valence-corrected chi connectivity index (χ1v) is 10.1. The van der Waals surface area contributed by atoms with Crippen LogP contribution in [0.1, 0.15) is 27.6 Å². The zero-order chi connectivity index (χ0) is 21.9. The summed E-state index contributed by atoms with van der Waals surface area (Å²) >= 11 is 0. The number of nitrogens with two attached hydrogens (primary N) is 1. The molecule has 0 saturated heterocycles. The van der Waals surface area contributed by atoms with Crippen molar-refractivity contribution in [3.63, 3.8) is 0 Å². The summed E-state index contributed by atoms with van der Waals surface area (Å²) in [5.74, 6) is 0.807. The van der Waals surface area contributed by atoms with Crippen LogP contribution in [-0.2, 0) is 13.0 Å². The number of benzene rings is 2. The van der Waals surface area contributed by atoms with E-state index < -0.39 is 0 Å². The molecule has 3 aromatic heterocycles. The Morgan fingerprint density at radius 3 is 2.59 bits per heavy atom. The SMILES string of the molecule is Nc1ncnc2c1ccn2-c1ccc(CNC(=O)c2ncc(Cc3ccccc3)o2)cc1. The molecule has 2 aromatic carbocycles. The highest BCUT2D eigenvalue weighted by Crippen LogP contribution is 2.22. The highest BCUT2D eigenvalue weighted by atomic mass is 16.4. The van der Waals surface area contributed by atoms with Crippen molar-refractivity contribution in [2.45, 2.75) is 13.0 Å². The lowest BCUT2D eigenvalue weighted by Crippen LogP contribution is -2.23. The predicted octanol–water partition coefficient (Wildman–Crippen LogP) is 3.51. The molecular formula is C24H20N6O2. The largest absolute Gasteiger partial charge is 0.437 e. The number of carbonyl (C=O) groups is 1. The van der Waals surface area contributed by atoms with E-state index in [9.17, 15) is 4.79 Å². The Morgan fingerprint density at radius 2 is 1.78 bits per heavy atom. The number of anilines is 1. The van der Waals surface area contributed by atoms with Gasteiger partial charge >= 0.3 is 5.91 Å². The van der Waals surface area contributed by atoms with Gasteiger partial charge in [-0.2, -0.15) is 0 Å². The number of fused-ring (bicyclic) bond motifs is 1. The van der Waals surface area contributed by atoms with Crippen LogP contribution in [0, 0.1) is 0 Å². The van der Waals surface area contributed by atoms with Gasteiger partial charge in [-0.1, -0.05) is 42.5 Å². The van der Waals surface area contributed by atoms with Gasteiger partial charge in [-0.15, -0.1) is 0 Å². The van der Waals surface area contributed by atoms with E-state index in [0.29, 0.717) is 24.5 Å². The van der Waals surface area contributed by atoms with E-state index in [1.165, 1.54) is 6.33 Å². The molecule has 8 heteroatoms. The first kappa shape index (κ1) is 19.5. The molecule has 0 atom stereocenters. The van der Waals surface area contributed by atoms with E-state index in [1.54, 1.807) is 6.20 Å². The van der Waals surface area contributed by atoms with E-state index in [1.807, 2.05) is 71.4 Å². The number of nitrogens with one attached hydrogen (secondary N) is 1. The summed E-state index contributed by atoms with van der Waals surface area (Å²) in [6.07, 6.45) is 5.54. The Morgan fingerprint density at radius 1 is 0.969 bits per heavy atom. The average Bonchev–Trinajstić information content (AvgIpc) is 3.47. The van der Waals surface area contributed by atoms with Crippen molar-refractivity contribution < 1.29 is 9.21 Å². The molecule has 5 aromatic rings. The van der Waals surface area contributed by atoms with E-state index in [4.69, 9.17) is 10.2 Å². The molecule has 158 valence electrons. The van der Waals surface area contributed by atoms with Crippen LogP contribution in [0.15, 0.2) is 83.8 Å². The van der Waals surface area contributed by atoms with Gasteiger partial charge in [0.25, 0.3) is 5.89 Å². The van der Waals surface area contributed by atoms with Crippen molar-refractivity contribution in [2.75, 3.05) is 5.73 Å². The molecule has 0 spiro atoms. The van der Waals surface area contributed by atoms with Crippen molar-refractivity contribution >= 4 is 22.8 Å². The molecule has 0 radical (unpaired) electrons. The number of carbonyl (C=O) groups excluding carboxylic acids is 1. The first-order chi connectivity index (χ1) is 15.7. The van der Waals surface area contributed by atoms with Crippen molar-refractivity contribution in [2.24, 2.45) is 0 Å². The van der Waals surface area contributed by atoms with Crippen LogP contribution < -0.4 is 11.1 Å². The molecule has 32 heavy (non-hydrogen) atoms. The number of nitrogens with zero attached hydrogens (tertiary/aromatic N) is 4. The second-order valence-electron chi connectivity index (χ2n) is 7.33. The maximum absolute atomic E-state index is 12.4. The number of aromatic nitrogens is 4. The van der Waals surface area contributed by atoms with Gasteiger partial charge in [0.1, 0.15) is 23.6 Å². The number of rotatable bonds is 6. The highest BCUT2D eigenvalue weighted by molar-refractivity contribution is 5.89. The van der Waals surface area contributed by atoms with E-state index in [2.05, 4.69) is 20.3 Å². The molecule has 0 aliphatic rings. The van der Waals surface area contributed by atoms with Gasteiger partial charge in [0, 0.05) is 24.8 Å². The zero-order valence-corrected chi connectivity index (χ0v) is 17.1. The van der Waals surface area contributed by atoms with Gasteiger partial charge < -0.3 is 20.0 Å². The fraction of sp³-hybridized carbons (Fsp3) is 0.0833. The zero-order valence-electron chi connectivity index (χ0n) is 17.1. The number of hydrogen-bond donors (Lipinski definition) is 2. The number of nitrogen functional groups attached to an aromatic ring is 1. The van der Waals surface area contributed by atoms with Crippen LogP contribution in [0.5, 0.6) is 0 Å². The molecule has 8 nitrogen and oxygen atoms in total. The lowest BCUT2D eigenvalue weighted by Gasteiger charge is -2.07. The van der Waals surface area contributed by atoms with Crippen LogP contribution in [0.3, 0.4) is 0 Å². The van der Waals surface area contributed by atoms with Crippen molar-refractivity contribution in [1.82, 2.24) is 24.8 Å². The minimum absolute atomic E-state index is 0.0589. The van der Waals surface area contributed by atoms with Crippen LogP contribution in [0.4, 0.5) is 5.82 Å². The second kappa shape index (κ2) is 8.35. The molecule has 0 bridgehead atoms. The third-order valence-electron chi connectivity index (χ3n) is 5.15. The van der Waals surface area contributed by atoms with Crippen molar-refractivity contribution in [3.8, 4) is 5.69 Å². The third-order valence-corrected chi connectivity index (χ3v) is 5.15.